The highest BCUT2D eigenvalue weighted by atomic mass is 16.8. The minimum absolute atomic E-state index is 0.830. The number of aliphatic hydroxyl groups is 16. The molecule has 39 heteroatoms. The number of aliphatic carboxylic acids is 3. The molecule has 28 atom stereocenters. The standard InChI is InChI=1S/C47H76N4O35/c1-13(56)48-25-17(60)5-45(42(72)73,83-36(25)29(65)20(63)8-52)78-12-24-33(69)35(28(40(71)79-24)51-16(4)59)81-41-34(70)39(31(67)22(10-54)80-41)86-47(44(76)77)7-19(62)27(50-15(3)58)38(85-47)32(68)23(11-55)82-46(43(74)75)6-18(61)26(49-14(2)57)37(84-46)30(66)21(64)9-53/h17-41,52-55,60-71H,5-12H2,1-4H3,(H,48,56)(H,49,57)(H,50,58)(H,51,59)(H,72,73)(H,74,75)(H,76,77)/t17-,18-,19-,20+,21+,22+,23+,24+,25+,26+,27+,28+,29+,30+,31-,32+,33-,34+,35+,36+,37+,38+,39-,40?,41-,45+,46+,47-/m0/s1. The molecule has 23 N–H and O–H groups in total. The number of carbonyl (C=O) groups excluding carboxylic acids is 4. The van der Waals surface area contributed by atoms with Gasteiger partial charge in [-0.1, -0.05) is 0 Å². The van der Waals surface area contributed by atoms with Crippen LogP contribution in [0.4, 0.5) is 0 Å². The summed E-state index contributed by atoms with van der Waals surface area (Å²) in [7, 11) is 0. The molecule has 1 unspecified atom stereocenters. The number of carboxylic acid groups (broad SMARTS) is 3. The van der Waals surface area contributed by atoms with E-state index in [9.17, 15) is 131 Å². The number of nitrogens with one attached hydrogen (secondary N) is 4. The van der Waals surface area contributed by atoms with E-state index in [0.29, 0.717) is 0 Å². The van der Waals surface area contributed by atoms with Crippen molar-refractivity contribution in [2.45, 2.75) is 217 Å². The predicted octanol–water partition coefficient (Wildman–Crippen LogP) is -13.7. The smallest absolute Gasteiger partial charge is 0.364 e. The largest absolute Gasteiger partial charge is 0.477 e. The topological polar surface area (TPSA) is 635 Å². The number of ether oxygens (including phenoxy) is 9. The van der Waals surface area contributed by atoms with E-state index < -0.39 is 264 Å². The summed E-state index contributed by atoms with van der Waals surface area (Å²) in [6, 6.07) is -7.33. The first kappa shape index (κ1) is 72.0. The zero-order valence-corrected chi connectivity index (χ0v) is 46.1. The Hall–Kier alpha value is -4.71. The fraction of sp³-hybridized carbons (Fsp3) is 0.851. The van der Waals surface area contributed by atoms with E-state index in [1.807, 2.05) is 0 Å². The Morgan fingerprint density at radius 3 is 1.31 bits per heavy atom. The van der Waals surface area contributed by atoms with E-state index in [0.717, 1.165) is 27.7 Å². The van der Waals surface area contributed by atoms with Gasteiger partial charge in [-0.15, -0.1) is 0 Å². The second-order valence-electron chi connectivity index (χ2n) is 21.2. The van der Waals surface area contributed by atoms with Crippen LogP contribution in [-0.4, -0.2) is 342 Å². The molecular weight excluding hydrogens is 1180 g/mol. The first-order chi connectivity index (χ1) is 40.1. The van der Waals surface area contributed by atoms with Crippen LogP contribution >= 0.6 is 0 Å². The van der Waals surface area contributed by atoms with Crippen LogP contribution < -0.4 is 21.3 Å². The van der Waals surface area contributed by atoms with Gasteiger partial charge in [0, 0.05) is 47.0 Å². The van der Waals surface area contributed by atoms with Crippen molar-refractivity contribution in [3.05, 3.63) is 0 Å². The normalized spacial score (nSPS) is 40.6. The van der Waals surface area contributed by atoms with Gasteiger partial charge in [-0.05, 0) is 0 Å². The average Bonchev–Trinajstić information content (AvgIpc) is 0.881. The second-order valence-corrected chi connectivity index (χ2v) is 21.2. The summed E-state index contributed by atoms with van der Waals surface area (Å²) in [6.07, 6.45) is -51.4. The summed E-state index contributed by atoms with van der Waals surface area (Å²) in [5, 5.41) is 215. The van der Waals surface area contributed by atoms with E-state index in [4.69, 9.17) is 42.6 Å². The molecule has 0 saturated carbocycles. The highest BCUT2D eigenvalue weighted by Gasteiger charge is 2.63. The van der Waals surface area contributed by atoms with Gasteiger partial charge < -0.3 is 161 Å². The predicted molar refractivity (Wildman–Crippen MR) is 265 cm³/mol. The quantitative estimate of drug-likeness (QED) is 0.0382. The van der Waals surface area contributed by atoms with Gasteiger partial charge in [-0.3, -0.25) is 19.2 Å². The maximum Gasteiger partial charge on any atom is 0.364 e. The molecule has 0 aromatic carbocycles. The third-order valence-corrected chi connectivity index (χ3v) is 14.9. The highest BCUT2D eigenvalue weighted by molar-refractivity contribution is 5.78. The fourth-order valence-corrected chi connectivity index (χ4v) is 10.6. The molecule has 39 nitrogen and oxygen atoms in total. The Balaban J connectivity index is 1.48. The highest BCUT2D eigenvalue weighted by Crippen LogP contribution is 2.41. The zero-order chi connectivity index (χ0) is 64.8. The van der Waals surface area contributed by atoms with E-state index >= 15 is 0 Å². The maximum absolute atomic E-state index is 13.5. The van der Waals surface area contributed by atoms with Crippen molar-refractivity contribution in [3.63, 3.8) is 0 Å². The molecule has 0 bridgehead atoms. The van der Waals surface area contributed by atoms with Crippen molar-refractivity contribution >= 4 is 41.5 Å². The number of hydrogen-bond donors (Lipinski definition) is 23. The van der Waals surface area contributed by atoms with Crippen molar-refractivity contribution < 1.29 is 173 Å². The van der Waals surface area contributed by atoms with Crippen LogP contribution in [0.15, 0.2) is 0 Å². The minimum atomic E-state index is -3.50. The Morgan fingerprint density at radius 2 is 0.895 bits per heavy atom. The summed E-state index contributed by atoms with van der Waals surface area (Å²) >= 11 is 0. The minimum Gasteiger partial charge on any atom is -0.477 e. The Labute approximate surface area is 485 Å². The number of amides is 4. The molecule has 5 aliphatic heterocycles. The summed E-state index contributed by atoms with van der Waals surface area (Å²) in [4.78, 5) is 88.6. The average molecular weight is 1260 g/mol. The Bertz CT molecular complexity index is 2350. The van der Waals surface area contributed by atoms with Crippen molar-refractivity contribution in [3.8, 4) is 0 Å². The van der Waals surface area contributed by atoms with Gasteiger partial charge in [0.25, 0.3) is 17.4 Å². The van der Waals surface area contributed by atoms with Gasteiger partial charge in [0.1, 0.15) is 104 Å². The van der Waals surface area contributed by atoms with Crippen LogP contribution in [0, 0.1) is 0 Å². The molecule has 5 saturated heterocycles. The lowest BCUT2D eigenvalue weighted by molar-refractivity contribution is -0.384. The van der Waals surface area contributed by atoms with Crippen LogP contribution in [0.3, 0.4) is 0 Å². The number of rotatable bonds is 26. The number of aliphatic hydroxyl groups excluding tert-OH is 16. The molecule has 0 radical (unpaired) electrons. The summed E-state index contributed by atoms with van der Waals surface area (Å²) in [5.74, 6) is -20.1. The molecule has 5 aliphatic rings. The SMILES string of the molecule is CC(=O)N[C@H]1[C@H]([C@H](O)[C@H](O)CO)O[C@@](O[C@H](CO)[C@@H](O)[C@@H]2O[C@@](O[C@H]3[C@@H](O)[C@@H](CO)O[C@@H](O[C@H]4[C@@H](O)[C@@H](CO[C@]5(C(=O)O)C[C@H](O)[C@@H](NC(C)=O)[C@H]([C@H](O)[C@H](O)CO)O5)OC(O)[C@@H]4NC(C)=O)[C@@H]3O)(C(=O)O)C[C@H](O)[C@H]2NC(C)=O)(C(=O)O)C[C@@H]1O. The fourth-order valence-electron chi connectivity index (χ4n) is 10.6. The maximum atomic E-state index is 13.5. The molecular formula is C47H76N4O35. The van der Waals surface area contributed by atoms with Gasteiger partial charge in [-0.25, -0.2) is 14.4 Å². The molecule has 4 amide bonds. The Morgan fingerprint density at radius 1 is 0.500 bits per heavy atom. The van der Waals surface area contributed by atoms with Crippen molar-refractivity contribution in [2.75, 3.05) is 33.0 Å². The monoisotopic (exact) mass is 1260 g/mol. The molecule has 86 heavy (non-hydrogen) atoms. The van der Waals surface area contributed by atoms with Gasteiger partial charge in [0.05, 0.1) is 69.5 Å². The van der Waals surface area contributed by atoms with Crippen molar-refractivity contribution in [1.82, 2.24) is 21.3 Å². The lowest BCUT2D eigenvalue weighted by Crippen LogP contribution is -2.72. The summed E-state index contributed by atoms with van der Waals surface area (Å²) < 4.78 is 50.8. The molecule has 0 aliphatic carbocycles. The van der Waals surface area contributed by atoms with Crippen molar-refractivity contribution in [2.24, 2.45) is 0 Å². The van der Waals surface area contributed by atoms with E-state index in [-0.39, 0.29) is 0 Å². The van der Waals surface area contributed by atoms with E-state index in [2.05, 4.69) is 21.3 Å². The molecule has 5 heterocycles. The second kappa shape index (κ2) is 29.7. The van der Waals surface area contributed by atoms with Crippen molar-refractivity contribution in [1.29, 1.82) is 0 Å². The molecule has 0 spiro atoms. The number of carboxylic acids is 3. The van der Waals surface area contributed by atoms with Crippen LogP contribution in [-0.2, 0) is 76.2 Å². The molecule has 5 rings (SSSR count). The zero-order valence-electron chi connectivity index (χ0n) is 46.1. The number of hydrogen-bond acceptors (Lipinski definition) is 32. The Kier molecular flexibility index (Phi) is 24.9. The first-order valence-electron chi connectivity index (χ1n) is 26.5. The molecule has 0 aromatic heterocycles. The van der Waals surface area contributed by atoms with Gasteiger partial charge >= 0.3 is 17.9 Å². The molecule has 494 valence electrons. The van der Waals surface area contributed by atoms with E-state index in [1.165, 1.54) is 0 Å². The lowest BCUT2D eigenvalue weighted by atomic mass is 9.87. The van der Waals surface area contributed by atoms with Gasteiger partial charge in [0.15, 0.2) is 12.6 Å². The van der Waals surface area contributed by atoms with Gasteiger partial charge in [-0.2, -0.15) is 0 Å². The van der Waals surface area contributed by atoms with Crippen LogP contribution in [0.1, 0.15) is 47.0 Å². The summed E-state index contributed by atoms with van der Waals surface area (Å²) in [5.41, 5.74) is 0. The van der Waals surface area contributed by atoms with E-state index in [1.54, 1.807) is 0 Å². The van der Waals surface area contributed by atoms with Gasteiger partial charge in [0.2, 0.25) is 23.6 Å². The number of carbonyl (C=O) groups is 7. The van der Waals surface area contributed by atoms with Crippen LogP contribution in [0.2, 0.25) is 0 Å². The summed E-state index contributed by atoms with van der Waals surface area (Å²) in [6.45, 7) is -2.62. The first-order valence-corrected chi connectivity index (χ1v) is 26.5. The third kappa shape index (κ3) is 15.8. The third-order valence-electron chi connectivity index (χ3n) is 14.9. The van der Waals surface area contributed by atoms with Crippen LogP contribution in [0.5, 0.6) is 0 Å². The lowest BCUT2D eigenvalue weighted by Gasteiger charge is -2.51. The molecule has 0 aromatic rings. The van der Waals surface area contributed by atoms with Crippen LogP contribution in [0.25, 0.3) is 0 Å². The molecule has 5 fully saturated rings.